The summed E-state index contributed by atoms with van der Waals surface area (Å²) < 4.78 is 38.0. The van der Waals surface area contributed by atoms with E-state index in [1.54, 1.807) is 16.8 Å². The summed E-state index contributed by atoms with van der Waals surface area (Å²) in [7, 11) is 0. The molecule has 0 spiro atoms. The molecule has 9 heteroatoms. The molecular weight excluding hydrogens is 339 g/mol. The number of aliphatic carboxylic acids is 1. The number of hydrogen-bond acceptors (Lipinski definition) is 4. The average molecular weight is 351 g/mol. The van der Waals surface area contributed by atoms with E-state index >= 15 is 0 Å². The van der Waals surface area contributed by atoms with E-state index in [1.165, 1.54) is 23.1 Å². The van der Waals surface area contributed by atoms with Gasteiger partial charge < -0.3 is 10.0 Å². The van der Waals surface area contributed by atoms with Crippen LogP contribution in [0.2, 0.25) is 0 Å². The van der Waals surface area contributed by atoms with E-state index < -0.39 is 41.3 Å². The number of halogens is 3. The maximum Gasteiger partial charge on any atom is 0.392 e. The molecule has 1 aliphatic heterocycles. The highest BCUT2D eigenvalue weighted by Gasteiger charge is 2.61. The lowest BCUT2D eigenvalue weighted by Crippen LogP contribution is -2.44. The van der Waals surface area contributed by atoms with Gasteiger partial charge in [0.1, 0.15) is 11.4 Å². The maximum atomic E-state index is 12.7. The molecule has 1 saturated carbocycles. The van der Waals surface area contributed by atoms with E-state index in [1.807, 2.05) is 0 Å². The summed E-state index contributed by atoms with van der Waals surface area (Å²) in [6.45, 7) is 0. The third-order valence-electron chi connectivity index (χ3n) is 3.90. The van der Waals surface area contributed by atoms with Gasteiger partial charge in [0.2, 0.25) is 5.91 Å². The van der Waals surface area contributed by atoms with Gasteiger partial charge in [0.15, 0.2) is 0 Å². The fourth-order valence-corrected chi connectivity index (χ4v) is 4.84. The number of carboxylic acid groups (broad SMARTS) is 1. The van der Waals surface area contributed by atoms with E-state index in [9.17, 15) is 27.9 Å². The summed E-state index contributed by atoms with van der Waals surface area (Å²) in [6, 6.07) is 0.693. The largest absolute Gasteiger partial charge is 0.480 e. The number of rotatable bonds is 3. The van der Waals surface area contributed by atoms with Crippen molar-refractivity contribution in [1.82, 2.24) is 4.90 Å². The number of alkyl halides is 3. The highest BCUT2D eigenvalue weighted by molar-refractivity contribution is 7.99. The highest BCUT2D eigenvalue weighted by atomic mass is 32.2. The Hall–Kier alpha value is -1.22. The molecule has 2 aliphatic rings. The van der Waals surface area contributed by atoms with Gasteiger partial charge in [-0.25, -0.2) is 4.79 Å². The summed E-state index contributed by atoms with van der Waals surface area (Å²) >= 11 is 2.68. The predicted octanol–water partition coefficient (Wildman–Crippen LogP) is 2.97. The van der Waals surface area contributed by atoms with Crippen LogP contribution in [-0.4, -0.2) is 39.9 Å². The fraction of sp³-hybridized carbons (Fsp3) is 0.538. The summed E-state index contributed by atoms with van der Waals surface area (Å²) in [4.78, 5) is 24.9. The molecular formula is C13H12F3NO3S2. The molecule has 0 aromatic carbocycles. The molecule has 4 atom stereocenters. The number of thioether (sulfide) groups is 1. The topological polar surface area (TPSA) is 57.6 Å². The van der Waals surface area contributed by atoms with E-state index in [2.05, 4.69) is 0 Å². The monoisotopic (exact) mass is 351 g/mol. The maximum absolute atomic E-state index is 12.7. The van der Waals surface area contributed by atoms with Gasteiger partial charge in [0, 0.05) is 5.75 Å². The molecule has 2 unspecified atom stereocenters. The summed E-state index contributed by atoms with van der Waals surface area (Å²) in [5.41, 5.74) is 0.760. The van der Waals surface area contributed by atoms with Gasteiger partial charge in [-0.05, 0) is 28.8 Å². The summed E-state index contributed by atoms with van der Waals surface area (Å²) in [6.07, 6.45) is -4.64. The van der Waals surface area contributed by atoms with Gasteiger partial charge in [-0.2, -0.15) is 24.5 Å². The van der Waals surface area contributed by atoms with Crippen molar-refractivity contribution in [3.05, 3.63) is 22.4 Å². The molecule has 1 aliphatic carbocycles. The average Bonchev–Trinajstić information content (AvgIpc) is 2.87. The number of thiophene rings is 1. The number of carbonyl (C=O) groups is 2. The van der Waals surface area contributed by atoms with E-state index in [0.717, 1.165) is 10.5 Å². The third kappa shape index (κ3) is 2.71. The fourth-order valence-electron chi connectivity index (χ4n) is 2.66. The number of carboxylic acids is 1. The van der Waals surface area contributed by atoms with Crippen molar-refractivity contribution in [2.45, 2.75) is 24.0 Å². The normalized spacial score (nSPS) is 31.3. The van der Waals surface area contributed by atoms with E-state index in [-0.39, 0.29) is 12.2 Å². The molecule has 120 valence electrons. The first kappa shape index (κ1) is 15.7. The quantitative estimate of drug-likeness (QED) is 0.910. The lowest BCUT2D eigenvalue weighted by molar-refractivity contribution is -0.160. The molecule has 1 amide bonds. The lowest BCUT2D eigenvalue weighted by Gasteiger charge is -2.27. The second-order valence-electron chi connectivity index (χ2n) is 5.33. The Labute approximate surface area is 132 Å². The van der Waals surface area contributed by atoms with Crippen LogP contribution in [0.1, 0.15) is 17.4 Å². The van der Waals surface area contributed by atoms with Crippen molar-refractivity contribution in [3.63, 3.8) is 0 Å². The highest BCUT2D eigenvalue weighted by Crippen LogP contribution is 2.53. The van der Waals surface area contributed by atoms with E-state index in [0.29, 0.717) is 0 Å². The molecule has 2 fully saturated rings. The molecule has 1 saturated heterocycles. The molecule has 3 rings (SSSR count). The first-order valence-corrected chi connectivity index (χ1v) is 8.55. The Kier molecular flexibility index (Phi) is 3.88. The second kappa shape index (κ2) is 5.45. The van der Waals surface area contributed by atoms with Gasteiger partial charge in [-0.3, -0.25) is 4.79 Å². The van der Waals surface area contributed by atoms with Crippen LogP contribution in [0.4, 0.5) is 13.2 Å². The predicted molar refractivity (Wildman–Crippen MR) is 75.4 cm³/mol. The standard InChI is InChI=1S/C13H12F3NO3S2/c14-13(15,16)8-3-7(8)10(18)17-9(12(19)20)5-22-11(17)6-1-2-21-4-6/h1-2,4,7-9,11H,3,5H2,(H,19,20)/t7-,8-,9?,11?/m1/s1. The smallest absolute Gasteiger partial charge is 0.392 e. The second-order valence-corrected chi connectivity index (χ2v) is 7.23. The molecule has 2 heterocycles. The van der Waals surface area contributed by atoms with Crippen molar-refractivity contribution in [2.75, 3.05) is 5.75 Å². The van der Waals surface area contributed by atoms with Gasteiger partial charge in [0.25, 0.3) is 0 Å². The molecule has 0 bridgehead atoms. The van der Waals surface area contributed by atoms with Crippen molar-refractivity contribution >= 4 is 35.0 Å². The first-order chi connectivity index (χ1) is 10.3. The Morgan fingerprint density at radius 3 is 2.59 bits per heavy atom. The molecule has 4 nitrogen and oxygen atoms in total. The van der Waals surface area contributed by atoms with Crippen molar-refractivity contribution < 1.29 is 27.9 Å². The zero-order chi connectivity index (χ0) is 16.1. The molecule has 1 N–H and O–H groups in total. The van der Waals surface area contributed by atoms with Gasteiger partial charge in [-0.15, -0.1) is 11.8 Å². The van der Waals surface area contributed by atoms with Crippen LogP contribution in [0.25, 0.3) is 0 Å². The van der Waals surface area contributed by atoms with Crippen LogP contribution in [0.15, 0.2) is 16.8 Å². The zero-order valence-electron chi connectivity index (χ0n) is 11.1. The molecule has 1 aromatic heterocycles. The third-order valence-corrected chi connectivity index (χ3v) is 5.92. The summed E-state index contributed by atoms with van der Waals surface area (Å²) in [5, 5.41) is 12.3. The van der Waals surface area contributed by atoms with Crippen LogP contribution in [0.5, 0.6) is 0 Å². The molecule has 22 heavy (non-hydrogen) atoms. The van der Waals surface area contributed by atoms with Gasteiger partial charge >= 0.3 is 12.1 Å². The minimum Gasteiger partial charge on any atom is -0.480 e. The minimum absolute atomic E-state index is 0.186. The number of nitrogens with zero attached hydrogens (tertiary/aromatic N) is 1. The van der Waals surface area contributed by atoms with Crippen LogP contribution in [0, 0.1) is 11.8 Å². The van der Waals surface area contributed by atoms with Crippen LogP contribution >= 0.6 is 23.1 Å². The van der Waals surface area contributed by atoms with Gasteiger partial charge in [0.05, 0.1) is 11.8 Å². The Morgan fingerprint density at radius 1 is 1.36 bits per heavy atom. The van der Waals surface area contributed by atoms with Crippen molar-refractivity contribution in [3.8, 4) is 0 Å². The molecule has 1 aromatic rings. The van der Waals surface area contributed by atoms with Crippen molar-refractivity contribution in [1.29, 1.82) is 0 Å². The van der Waals surface area contributed by atoms with Crippen LogP contribution in [-0.2, 0) is 9.59 Å². The number of hydrogen-bond donors (Lipinski definition) is 1. The SMILES string of the molecule is O=C(O)C1CSC(c2ccsc2)N1C(=O)[C@@H]1C[C@H]1C(F)(F)F. The lowest BCUT2D eigenvalue weighted by atomic mass is 10.2. The minimum atomic E-state index is -4.40. The van der Waals surface area contributed by atoms with Gasteiger partial charge in [-0.1, -0.05) is 0 Å². The Morgan fingerprint density at radius 2 is 2.09 bits per heavy atom. The Balaban J connectivity index is 1.83. The summed E-state index contributed by atoms with van der Waals surface area (Å²) in [5.74, 6) is -4.46. The van der Waals surface area contributed by atoms with Crippen molar-refractivity contribution in [2.24, 2.45) is 11.8 Å². The van der Waals surface area contributed by atoms with E-state index in [4.69, 9.17) is 0 Å². The van der Waals surface area contributed by atoms with Crippen LogP contribution < -0.4 is 0 Å². The Bertz CT molecular complexity index is 590. The molecule has 0 radical (unpaired) electrons. The number of amides is 1. The number of carbonyl (C=O) groups excluding carboxylic acids is 1. The van der Waals surface area contributed by atoms with Crippen LogP contribution in [0.3, 0.4) is 0 Å². The zero-order valence-corrected chi connectivity index (χ0v) is 12.7. The first-order valence-electron chi connectivity index (χ1n) is 6.56.